The normalized spacial score (nSPS) is 10.7. The summed E-state index contributed by atoms with van der Waals surface area (Å²) in [5.41, 5.74) is 1.71. The molecule has 5 nitrogen and oxygen atoms in total. The van der Waals surface area contributed by atoms with Crippen LogP contribution < -0.4 is 15.4 Å². The fourth-order valence-electron chi connectivity index (χ4n) is 2.06. The van der Waals surface area contributed by atoms with Crippen LogP contribution in [0.4, 0.5) is 5.69 Å². The molecule has 0 saturated heterocycles. The average Bonchev–Trinajstić information content (AvgIpc) is 2.64. The van der Waals surface area contributed by atoms with E-state index in [0.29, 0.717) is 17.3 Å². The van der Waals surface area contributed by atoms with Crippen LogP contribution in [-0.4, -0.2) is 19.6 Å². The van der Waals surface area contributed by atoms with Crippen LogP contribution in [0.15, 0.2) is 60.3 Å². The van der Waals surface area contributed by atoms with Crippen LogP contribution in [0, 0.1) is 11.3 Å². The highest BCUT2D eigenvalue weighted by Crippen LogP contribution is 2.14. The van der Waals surface area contributed by atoms with Gasteiger partial charge < -0.3 is 15.4 Å². The van der Waals surface area contributed by atoms with Gasteiger partial charge in [0.1, 0.15) is 17.4 Å². The first-order chi connectivity index (χ1) is 12.1. The summed E-state index contributed by atoms with van der Waals surface area (Å²) >= 11 is 5.80. The van der Waals surface area contributed by atoms with Crippen molar-refractivity contribution in [2.45, 2.75) is 6.42 Å². The number of hydrogen-bond acceptors (Lipinski definition) is 4. The maximum Gasteiger partial charge on any atom is 0.267 e. The van der Waals surface area contributed by atoms with Crippen LogP contribution in [0.5, 0.6) is 5.75 Å². The van der Waals surface area contributed by atoms with Crippen molar-refractivity contribution in [3.63, 3.8) is 0 Å². The van der Waals surface area contributed by atoms with Gasteiger partial charge in [-0.2, -0.15) is 5.26 Å². The second-order valence-corrected chi connectivity index (χ2v) is 5.62. The predicted molar refractivity (Wildman–Crippen MR) is 98.5 cm³/mol. The number of ether oxygens (including phenoxy) is 1. The Morgan fingerprint density at radius 2 is 1.88 bits per heavy atom. The lowest BCUT2D eigenvalue weighted by molar-refractivity contribution is -0.112. The molecule has 0 fully saturated rings. The predicted octanol–water partition coefficient (Wildman–Crippen LogP) is 3.53. The SMILES string of the molecule is COc1ccc(CCN/C=C(/C#N)C(=O)Nc2ccc(Cl)cc2)cc1. The fourth-order valence-corrected chi connectivity index (χ4v) is 2.19. The van der Waals surface area contributed by atoms with E-state index in [4.69, 9.17) is 21.6 Å². The molecule has 0 aromatic heterocycles. The number of benzene rings is 2. The molecule has 0 aliphatic heterocycles. The van der Waals surface area contributed by atoms with Crippen LogP contribution >= 0.6 is 11.6 Å². The summed E-state index contributed by atoms with van der Waals surface area (Å²) in [4.78, 5) is 12.1. The molecule has 2 aromatic rings. The number of carbonyl (C=O) groups excluding carboxylic acids is 1. The zero-order chi connectivity index (χ0) is 18.1. The third-order valence-corrected chi connectivity index (χ3v) is 3.68. The second-order valence-electron chi connectivity index (χ2n) is 5.18. The van der Waals surface area contributed by atoms with Crippen molar-refractivity contribution in [2.24, 2.45) is 0 Å². The van der Waals surface area contributed by atoms with Crippen molar-refractivity contribution in [1.82, 2.24) is 5.32 Å². The largest absolute Gasteiger partial charge is 0.497 e. The molecule has 0 atom stereocenters. The number of halogens is 1. The Hall–Kier alpha value is -2.97. The number of carbonyl (C=O) groups is 1. The van der Waals surface area contributed by atoms with Crippen molar-refractivity contribution < 1.29 is 9.53 Å². The zero-order valence-electron chi connectivity index (χ0n) is 13.8. The molecule has 6 heteroatoms. The van der Waals surface area contributed by atoms with Crippen molar-refractivity contribution in [2.75, 3.05) is 19.0 Å². The number of hydrogen-bond donors (Lipinski definition) is 2. The number of anilines is 1. The number of amides is 1. The van der Waals surface area contributed by atoms with E-state index in [0.717, 1.165) is 17.7 Å². The lowest BCUT2D eigenvalue weighted by Crippen LogP contribution is -2.17. The van der Waals surface area contributed by atoms with E-state index < -0.39 is 5.91 Å². The number of nitriles is 1. The smallest absolute Gasteiger partial charge is 0.267 e. The first-order valence-electron chi connectivity index (χ1n) is 7.66. The van der Waals surface area contributed by atoms with E-state index in [2.05, 4.69) is 10.6 Å². The molecular formula is C19H18ClN3O2. The van der Waals surface area contributed by atoms with Crippen molar-refractivity contribution in [3.05, 3.63) is 70.9 Å². The summed E-state index contributed by atoms with van der Waals surface area (Å²) in [7, 11) is 1.62. The summed E-state index contributed by atoms with van der Waals surface area (Å²) in [6.45, 7) is 0.603. The average molecular weight is 356 g/mol. The fraction of sp³-hybridized carbons (Fsp3) is 0.158. The Morgan fingerprint density at radius 3 is 2.48 bits per heavy atom. The Balaban J connectivity index is 1.85. The molecule has 0 saturated carbocycles. The second kappa shape index (κ2) is 9.36. The summed E-state index contributed by atoms with van der Waals surface area (Å²) in [5, 5.41) is 15.4. The van der Waals surface area contributed by atoms with Crippen LogP contribution in [-0.2, 0) is 11.2 Å². The Morgan fingerprint density at radius 1 is 1.20 bits per heavy atom. The van der Waals surface area contributed by atoms with Crippen molar-refractivity contribution in [3.8, 4) is 11.8 Å². The molecule has 2 rings (SSSR count). The van der Waals surface area contributed by atoms with E-state index in [1.54, 1.807) is 31.4 Å². The third kappa shape index (κ3) is 5.87. The van der Waals surface area contributed by atoms with Gasteiger partial charge in [0.15, 0.2) is 0 Å². The van der Waals surface area contributed by atoms with E-state index in [1.807, 2.05) is 30.3 Å². The molecule has 0 aliphatic carbocycles. The van der Waals surface area contributed by atoms with Gasteiger partial charge in [-0.1, -0.05) is 23.7 Å². The van der Waals surface area contributed by atoms with E-state index >= 15 is 0 Å². The van der Waals surface area contributed by atoms with E-state index in [9.17, 15) is 4.79 Å². The molecular weight excluding hydrogens is 338 g/mol. The standard InChI is InChI=1S/C19H18ClN3O2/c1-25-18-8-2-14(3-9-18)10-11-22-13-15(12-21)19(24)23-17-6-4-16(20)5-7-17/h2-9,13,22H,10-11H2,1H3,(H,23,24)/b15-13-. The molecule has 0 unspecified atom stereocenters. The van der Waals surface area contributed by atoms with Crippen LogP contribution in [0.25, 0.3) is 0 Å². The van der Waals surface area contributed by atoms with Crippen molar-refractivity contribution in [1.29, 1.82) is 5.26 Å². The lowest BCUT2D eigenvalue weighted by Gasteiger charge is -2.06. The number of methoxy groups -OCH3 is 1. The number of nitrogens with zero attached hydrogens (tertiary/aromatic N) is 1. The van der Waals surface area contributed by atoms with Crippen molar-refractivity contribution >= 4 is 23.2 Å². The molecule has 0 bridgehead atoms. The summed E-state index contributed by atoms with van der Waals surface area (Å²) in [6.07, 6.45) is 2.19. The van der Waals surface area contributed by atoms with E-state index in [1.165, 1.54) is 6.20 Å². The zero-order valence-corrected chi connectivity index (χ0v) is 14.5. The monoisotopic (exact) mass is 355 g/mol. The molecule has 25 heavy (non-hydrogen) atoms. The van der Waals surface area contributed by atoms with Gasteiger partial charge in [-0.05, 0) is 48.4 Å². The van der Waals surface area contributed by atoms with Gasteiger partial charge in [0.25, 0.3) is 5.91 Å². The van der Waals surface area contributed by atoms with Crippen LogP contribution in [0.2, 0.25) is 5.02 Å². The Kier molecular flexibility index (Phi) is 6.87. The molecule has 0 aliphatic rings. The Labute approximate surface area is 151 Å². The highest BCUT2D eigenvalue weighted by atomic mass is 35.5. The van der Waals surface area contributed by atoms with Gasteiger partial charge in [0.05, 0.1) is 7.11 Å². The summed E-state index contributed by atoms with van der Waals surface area (Å²) in [5.74, 6) is 0.337. The third-order valence-electron chi connectivity index (χ3n) is 3.43. The Bertz CT molecular complexity index is 778. The maximum atomic E-state index is 12.1. The molecule has 2 N–H and O–H groups in total. The van der Waals surface area contributed by atoms with Gasteiger partial charge in [0, 0.05) is 23.5 Å². The van der Waals surface area contributed by atoms with Gasteiger partial charge in [0.2, 0.25) is 0 Å². The van der Waals surface area contributed by atoms with Gasteiger partial charge in [-0.3, -0.25) is 4.79 Å². The quantitative estimate of drug-likeness (QED) is 0.452. The van der Waals surface area contributed by atoms with Crippen LogP contribution in [0.3, 0.4) is 0 Å². The van der Waals surface area contributed by atoms with Gasteiger partial charge in [-0.15, -0.1) is 0 Å². The van der Waals surface area contributed by atoms with Crippen LogP contribution in [0.1, 0.15) is 5.56 Å². The maximum absolute atomic E-state index is 12.1. The molecule has 128 valence electrons. The molecule has 0 heterocycles. The first kappa shape index (κ1) is 18.4. The molecule has 0 radical (unpaired) electrons. The summed E-state index contributed by atoms with van der Waals surface area (Å²) < 4.78 is 5.11. The molecule has 1 amide bonds. The minimum Gasteiger partial charge on any atom is -0.497 e. The summed E-state index contributed by atoms with van der Waals surface area (Å²) in [6, 6.07) is 16.3. The lowest BCUT2D eigenvalue weighted by atomic mass is 10.1. The van der Waals surface area contributed by atoms with E-state index in [-0.39, 0.29) is 5.57 Å². The number of rotatable bonds is 7. The van der Waals surface area contributed by atoms with Gasteiger partial charge >= 0.3 is 0 Å². The number of nitrogens with one attached hydrogen (secondary N) is 2. The minimum absolute atomic E-state index is 0.00433. The molecule has 0 spiro atoms. The highest BCUT2D eigenvalue weighted by Gasteiger charge is 2.08. The minimum atomic E-state index is -0.471. The molecule has 2 aromatic carbocycles. The van der Waals surface area contributed by atoms with Gasteiger partial charge in [-0.25, -0.2) is 0 Å². The topological polar surface area (TPSA) is 74.1 Å². The first-order valence-corrected chi connectivity index (χ1v) is 8.03. The highest BCUT2D eigenvalue weighted by molar-refractivity contribution is 6.30.